The number of benzene rings is 1. The van der Waals surface area contributed by atoms with E-state index >= 15 is 0 Å². The first-order chi connectivity index (χ1) is 11.5. The molecule has 1 aromatic rings. The van der Waals surface area contributed by atoms with Gasteiger partial charge in [0.05, 0.1) is 11.5 Å². The van der Waals surface area contributed by atoms with Crippen LogP contribution in [0.4, 0.5) is 10.5 Å². The van der Waals surface area contributed by atoms with Crippen molar-refractivity contribution >= 4 is 17.6 Å². The average Bonchev–Trinajstić information content (AvgIpc) is 3.00. The lowest BCUT2D eigenvalue weighted by molar-refractivity contribution is -0.134. The molecule has 3 rings (SSSR count). The molecule has 5 N–H and O–H groups in total. The molecule has 1 heterocycles. The van der Waals surface area contributed by atoms with E-state index in [4.69, 9.17) is 5.73 Å². The maximum atomic E-state index is 13.0. The summed E-state index contributed by atoms with van der Waals surface area (Å²) in [5.41, 5.74) is 6.53. The normalized spacial score (nSPS) is 27.1. The van der Waals surface area contributed by atoms with Gasteiger partial charge in [0, 0.05) is 12.2 Å². The van der Waals surface area contributed by atoms with Crippen LogP contribution in [-0.4, -0.2) is 25.0 Å². The number of carbonyl (C=O) groups excluding carboxylic acids is 2. The molecule has 6 heteroatoms. The van der Waals surface area contributed by atoms with E-state index in [1.165, 1.54) is 6.42 Å². The minimum Gasteiger partial charge on any atom is -0.351 e. The van der Waals surface area contributed by atoms with E-state index in [1.807, 2.05) is 19.1 Å². The lowest BCUT2D eigenvalue weighted by atomic mass is 9.67. The highest BCUT2D eigenvalue weighted by Gasteiger charge is 2.49. The van der Waals surface area contributed by atoms with Crippen molar-refractivity contribution in [3.63, 3.8) is 0 Å². The maximum absolute atomic E-state index is 13.0. The Labute approximate surface area is 142 Å². The maximum Gasteiger partial charge on any atom is 0.316 e. The second-order valence-corrected chi connectivity index (χ2v) is 7.04. The highest BCUT2D eigenvalue weighted by Crippen LogP contribution is 2.44. The summed E-state index contributed by atoms with van der Waals surface area (Å²) in [6.45, 7) is 3.73. The number of hydrogen-bond acceptors (Lipinski definition) is 3. The molecule has 24 heavy (non-hydrogen) atoms. The van der Waals surface area contributed by atoms with E-state index < -0.39 is 6.03 Å². The third kappa shape index (κ3) is 3.24. The molecule has 130 valence electrons. The van der Waals surface area contributed by atoms with Gasteiger partial charge >= 0.3 is 6.03 Å². The summed E-state index contributed by atoms with van der Waals surface area (Å²) in [7, 11) is 0. The van der Waals surface area contributed by atoms with Crippen LogP contribution in [0.1, 0.15) is 44.2 Å². The Balaban J connectivity index is 1.66. The van der Waals surface area contributed by atoms with Gasteiger partial charge in [0.2, 0.25) is 5.91 Å². The standard InChI is InChI=1S/C18H26N4O2/c1-12(13-5-7-15(8-6-13)22-17(19)24)21-16(23)18-9-3-2-4-14(18)10-20-11-18/h5-8,12,14,20H,2-4,9-11H2,1H3,(H,21,23)(H3,19,22,24)/t12?,14-,18+/m0/s1. The van der Waals surface area contributed by atoms with E-state index in [1.54, 1.807) is 12.1 Å². The molecule has 2 aliphatic rings. The SMILES string of the molecule is CC(NC(=O)[C@@]12CCCC[C@H]1CNC2)c1ccc(NC(N)=O)cc1. The number of anilines is 1. The van der Waals surface area contributed by atoms with Crippen LogP contribution in [0, 0.1) is 11.3 Å². The summed E-state index contributed by atoms with van der Waals surface area (Å²) >= 11 is 0. The van der Waals surface area contributed by atoms with Crippen LogP contribution in [0.15, 0.2) is 24.3 Å². The lowest BCUT2D eigenvalue weighted by Crippen LogP contribution is -2.48. The molecule has 1 saturated heterocycles. The smallest absolute Gasteiger partial charge is 0.316 e. The number of primary amides is 1. The number of nitrogens with one attached hydrogen (secondary N) is 3. The third-order valence-electron chi connectivity index (χ3n) is 5.52. The number of carbonyl (C=O) groups is 2. The fourth-order valence-electron chi connectivity index (χ4n) is 4.11. The fourth-order valence-corrected chi connectivity index (χ4v) is 4.11. The van der Waals surface area contributed by atoms with Crippen molar-refractivity contribution in [3.8, 4) is 0 Å². The van der Waals surface area contributed by atoms with E-state index in [-0.39, 0.29) is 17.4 Å². The van der Waals surface area contributed by atoms with Crippen LogP contribution in [0.3, 0.4) is 0 Å². The van der Waals surface area contributed by atoms with Crippen molar-refractivity contribution in [2.75, 3.05) is 18.4 Å². The summed E-state index contributed by atoms with van der Waals surface area (Å²) in [5, 5.41) is 9.14. The summed E-state index contributed by atoms with van der Waals surface area (Å²) in [5.74, 6) is 0.629. The minimum absolute atomic E-state index is 0.0716. The van der Waals surface area contributed by atoms with E-state index in [0.29, 0.717) is 11.6 Å². The zero-order valence-corrected chi connectivity index (χ0v) is 14.1. The topological polar surface area (TPSA) is 96.2 Å². The number of urea groups is 1. The summed E-state index contributed by atoms with van der Waals surface area (Å²) in [6.07, 6.45) is 4.48. The van der Waals surface area contributed by atoms with Crippen molar-refractivity contribution < 1.29 is 9.59 Å². The van der Waals surface area contributed by atoms with Gasteiger partial charge in [-0.3, -0.25) is 4.79 Å². The number of amides is 3. The molecule has 1 saturated carbocycles. The molecule has 2 fully saturated rings. The lowest BCUT2D eigenvalue weighted by Gasteiger charge is -2.38. The average molecular weight is 330 g/mol. The highest BCUT2D eigenvalue weighted by molar-refractivity contribution is 5.87. The quantitative estimate of drug-likeness (QED) is 0.681. The van der Waals surface area contributed by atoms with Gasteiger partial charge in [-0.1, -0.05) is 25.0 Å². The molecule has 0 spiro atoms. The molecule has 3 atom stereocenters. The second-order valence-electron chi connectivity index (χ2n) is 7.04. The molecule has 1 aromatic carbocycles. The van der Waals surface area contributed by atoms with Crippen LogP contribution >= 0.6 is 0 Å². The van der Waals surface area contributed by atoms with E-state index in [0.717, 1.165) is 37.9 Å². The van der Waals surface area contributed by atoms with Crippen molar-refractivity contribution in [2.45, 2.75) is 38.6 Å². The zero-order chi connectivity index (χ0) is 17.2. The van der Waals surface area contributed by atoms with Crippen molar-refractivity contribution in [2.24, 2.45) is 17.1 Å². The third-order valence-corrected chi connectivity index (χ3v) is 5.52. The van der Waals surface area contributed by atoms with Gasteiger partial charge in [0.25, 0.3) is 0 Å². The zero-order valence-electron chi connectivity index (χ0n) is 14.1. The van der Waals surface area contributed by atoms with Crippen molar-refractivity contribution in [1.29, 1.82) is 0 Å². The first-order valence-corrected chi connectivity index (χ1v) is 8.69. The van der Waals surface area contributed by atoms with Crippen LogP contribution in [0.2, 0.25) is 0 Å². The molecule has 6 nitrogen and oxygen atoms in total. The largest absolute Gasteiger partial charge is 0.351 e. The van der Waals surface area contributed by atoms with Gasteiger partial charge in [-0.05, 0) is 49.9 Å². The van der Waals surface area contributed by atoms with Gasteiger partial charge in [-0.2, -0.15) is 0 Å². The molecule has 1 aliphatic carbocycles. The summed E-state index contributed by atoms with van der Waals surface area (Å²) in [6, 6.07) is 6.74. The first kappa shape index (κ1) is 16.8. The van der Waals surface area contributed by atoms with Crippen molar-refractivity contribution in [1.82, 2.24) is 10.6 Å². The Morgan fingerprint density at radius 3 is 2.75 bits per heavy atom. The van der Waals surface area contributed by atoms with Gasteiger partial charge in [-0.15, -0.1) is 0 Å². The Bertz CT molecular complexity index is 616. The number of nitrogens with two attached hydrogens (primary N) is 1. The Kier molecular flexibility index (Phi) is 4.76. The van der Waals surface area contributed by atoms with Crippen LogP contribution in [0.5, 0.6) is 0 Å². The predicted octanol–water partition coefficient (Wildman–Crippen LogP) is 2.13. The molecular weight excluding hydrogens is 304 g/mol. The molecule has 1 unspecified atom stereocenters. The highest BCUT2D eigenvalue weighted by atomic mass is 16.2. The number of rotatable bonds is 4. The fraction of sp³-hybridized carbons (Fsp3) is 0.556. The molecule has 0 radical (unpaired) electrons. The van der Waals surface area contributed by atoms with Crippen molar-refractivity contribution in [3.05, 3.63) is 29.8 Å². The van der Waals surface area contributed by atoms with Gasteiger partial charge in [-0.25, -0.2) is 4.79 Å². The first-order valence-electron chi connectivity index (χ1n) is 8.69. The Hall–Kier alpha value is -2.08. The van der Waals surface area contributed by atoms with E-state index in [9.17, 15) is 9.59 Å². The minimum atomic E-state index is -0.583. The second kappa shape index (κ2) is 6.81. The molecule has 0 bridgehead atoms. The molecule has 0 aromatic heterocycles. The Morgan fingerprint density at radius 2 is 2.04 bits per heavy atom. The van der Waals surface area contributed by atoms with Crippen LogP contribution in [0.25, 0.3) is 0 Å². The van der Waals surface area contributed by atoms with Crippen LogP contribution in [-0.2, 0) is 4.79 Å². The summed E-state index contributed by atoms with van der Waals surface area (Å²) < 4.78 is 0. The molecule has 1 aliphatic heterocycles. The van der Waals surface area contributed by atoms with E-state index in [2.05, 4.69) is 16.0 Å². The summed E-state index contributed by atoms with van der Waals surface area (Å²) in [4.78, 5) is 23.8. The number of fused-ring (bicyclic) bond motifs is 1. The Morgan fingerprint density at radius 1 is 1.29 bits per heavy atom. The van der Waals surface area contributed by atoms with Gasteiger partial charge < -0.3 is 21.7 Å². The van der Waals surface area contributed by atoms with Gasteiger partial charge in [0.1, 0.15) is 0 Å². The molecule has 3 amide bonds. The predicted molar refractivity (Wildman–Crippen MR) is 93.5 cm³/mol. The monoisotopic (exact) mass is 330 g/mol. The van der Waals surface area contributed by atoms with Crippen LogP contribution < -0.4 is 21.7 Å². The van der Waals surface area contributed by atoms with Gasteiger partial charge in [0.15, 0.2) is 0 Å². The molecular formula is C18H26N4O2. The number of hydrogen-bond donors (Lipinski definition) is 4.